The molecule has 3 N–H and O–H groups in total. The van der Waals surface area contributed by atoms with E-state index in [2.05, 4.69) is 10.3 Å². The average Bonchev–Trinajstić information content (AvgIpc) is 2.75. The first-order valence-corrected chi connectivity index (χ1v) is 9.46. The second kappa shape index (κ2) is 7.10. The molecule has 0 bridgehead atoms. The van der Waals surface area contributed by atoms with Crippen molar-refractivity contribution in [3.05, 3.63) is 77.6 Å². The second-order valence-electron chi connectivity index (χ2n) is 7.19. The zero-order chi connectivity index (χ0) is 20.9. The zero-order valence-electron chi connectivity index (χ0n) is 16.1. The van der Waals surface area contributed by atoms with Gasteiger partial charge in [-0.05, 0) is 35.9 Å². The van der Waals surface area contributed by atoms with Gasteiger partial charge in [0.1, 0.15) is 18.2 Å². The maximum absolute atomic E-state index is 14.7. The highest BCUT2D eigenvalue weighted by Crippen LogP contribution is 2.53. The molecule has 154 valence electrons. The van der Waals surface area contributed by atoms with Crippen LogP contribution < -0.4 is 15.8 Å². The predicted octanol–water partition coefficient (Wildman–Crippen LogP) is 3.25. The SMILES string of the molecule is CO[C@@H]1NCC(N)OC12c1cc(-c3cccnc3F)ccc1Oc1c(F)cccc12. The van der Waals surface area contributed by atoms with Crippen LogP contribution in [0.3, 0.4) is 0 Å². The van der Waals surface area contributed by atoms with Crippen molar-refractivity contribution >= 4 is 0 Å². The molecule has 2 unspecified atom stereocenters. The number of nitrogens with two attached hydrogens (primary N) is 1. The summed E-state index contributed by atoms with van der Waals surface area (Å²) in [5.74, 6) is -0.711. The molecule has 0 aliphatic carbocycles. The summed E-state index contributed by atoms with van der Waals surface area (Å²) in [6, 6.07) is 13.0. The number of fused-ring (bicyclic) bond motifs is 4. The van der Waals surface area contributed by atoms with Gasteiger partial charge in [0, 0.05) is 36.5 Å². The van der Waals surface area contributed by atoms with Crippen LogP contribution in [0.4, 0.5) is 8.78 Å². The first-order chi connectivity index (χ1) is 14.5. The highest BCUT2D eigenvalue weighted by Gasteiger charge is 2.54. The van der Waals surface area contributed by atoms with Crippen molar-refractivity contribution in [3.8, 4) is 22.6 Å². The van der Waals surface area contributed by atoms with Crippen LogP contribution in [-0.4, -0.2) is 31.1 Å². The van der Waals surface area contributed by atoms with Gasteiger partial charge in [-0.2, -0.15) is 4.39 Å². The molecule has 0 amide bonds. The third-order valence-electron chi connectivity index (χ3n) is 5.48. The number of rotatable bonds is 2. The Labute approximate surface area is 171 Å². The predicted molar refractivity (Wildman–Crippen MR) is 105 cm³/mol. The molecule has 6 nitrogen and oxygen atoms in total. The molecule has 3 atom stereocenters. The molecule has 0 radical (unpaired) electrons. The molecular formula is C22H19F2N3O3. The van der Waals surface area contributed by atoms with Gasteiger partial charge < -0.3 is 19.9 Å². The normalized spacial score (nSPS) is 24.8. The Bertz CT molecular complexity index is 1130. The van der Waals surface area contributed by atoms with Crippen LogP contribution in [0.5, 0.6) is 11.5 Å². The van der Waals surface area contributed by atoms with Crippen molar-refractivity contribution in [2.24, 2.45) is 5.73 Å². The Morgan fingerprint density at radius 1 is 1.17 bits per heavy atom. The monoisotopic (exact) mass is 411 g/mol. The molecule has 0 saturated carbocycles. The Balaban J connectivity index is 1.79. The van der Waals surface area contributed by atoms with Gasteiger partial charge in [0.2, 0.25) is 5.95 Å². The summed E-state index contributed by atoms with van der Waals surface area (Å²) in [4.78, 5) is 3.73. The number of hydrogen-bond acceptors (Lipinski definition) is 6. The fourth-order valence-corrected chi connectivity index (χ4v) is 4.21. The quantitative estimate of drug-likeness (QED) is 0.631. The molecule has 8 heteroatoms. The lowest BCUT2D eigenvalue weighted by molar-refractivity contribution is -0.190. The van der Waals surface area contributed by atoms with Crippen molar-refractivity contribution < 1.29 is 23.0 Å². The van der Waals surface area contributed by atoms with Gasteiger partial charge in [0.25, 0.3) is 0 Å². The number of ether oxygens (including phenoxy) is 3. The van der Waals surface area contributed by atoms with E-state index in [0.29, 0.717) is 34.5 Å². The van der Waals surface area contributed by atoms with Crippen LogP contribution >= 0.6 is 0 Å². The maximum atomic E-state index is 14.7. The molecule has 1 saturated heterocycles. The van der Waals surface area contributed by atoms with Gasteiger partial charge in [-0.15, -0.1) is 0 Å². The summed E-state index contributed by atoms with van der Waals surface area (Å²) >= 11 is 0. The molecule has 30 heavy (non-hydrogen) atoms. The van der Waals surface area contributed by atoms with Crippen LogP contribution in [0, 0.1) is 11.8 Å². The molecule has 5 rings (SSSR count). The Morgan fingerprint density at radius 3 is 2.83 bits per heavy atom. The minimum Gasteiger partial charge on any atom is -0.453 e. The molecule has 1 spiro atoms. The summed E-state index contributed by atoms with van der Waals surface area (Å²) < 4.78 is 46.9. The smallest absolute Gasteiger partial charge is 0.220 e. The summed E-state index contributed by atoms with van der Waals surface area (Å²) in [6.45, 7) is 0.345. The molecule has 2 aliphatic heterocycles. The van der Waals surface area contributed by atoms with Crippen molar-refractivity contribution in [2.75, 3.05) is 13.7 Å². The van der Waals surface area contributed by atoms with E-state index in [1.807, 2.05) is 0 Å². The number of aromatic nitrogens is 1. The highest BCUT2D eigenvalue weighted by molar-refractivity contribution is 5.69. The van der Waals surface area contributed by atoms with E-state index >= 15 is 0 Å². The molecule has 2 aromatic carbocycles. The maximum Gasteiger partial charge on any atom is 0.220 e. The summed E-state index contributed by atoms with van der Waals surface area (Å²) in [5.41, 5.74) is 6.72. The summed E-state index contributed by atoms with van der Waals surface area (Å²) in [5, 5.41) is 3.21. The molecule has 2 aliphatic rings. The van der Waals surface area contributed by atoms with Crippen LogP contribution in [0.2, 0.25) is 0 Å². The minimum atomic E-state index is -1.30. The minimum absolute atomic E-state index is 0.0447. The number of pyridine rings is 1. The molecule has 1 fully saturated rings. The fourth-order valence-electron chi connectivity index (χ4n) is 4.21. The number of halogens is 2. The van der Waals surface area contributed by atoms with E-state index in [0.717, 1.165) is 0 Å². The summed E-state index contributed by atoms with van der Waals surface area (Å²) in [7, 11) is 1.53. The number of para-hydroxylation sites is 1. The van der Waals surface area contributed by atoms with Gasteiger partial charge in [-0.3, -0.25) is 5.32 Å². The van der Waals surface area contributed by atoms with Gasteiger partial charge in [0.05, 0.1) is 0 Å². The fraction of sp³-hybridized carbons (Fsp3) is 0.227. The lowest BCUT2D eigenvalue weighted by Gasteiger charge is -2.48. The molecule has 1 aromatic heterocycles. The zero-order valence-corrected chi connectivity index (χ0v) is 16.1. The lowest BCUT2D eigenvalue weighted by Crippen LogP contribution is -2.63. The van der Waals surface area contributed by atoms with Crippen LogP contribution in [0.15, 0.2) is 54.7 Å². The molecular weight excluding hydrogens is 392 g/mol. The third kappa shape index (κ3) is 2.73. The number of benzene rings is 2. The van der Waals surface area contributed by atoms with E-state index in [-0.39, 0.29) is 5.75 Å². The van der Waals surface area contributed by atoms with E-state index < -0.39 is 29.8 Å². The van der Waals surface area contributed by atoms with Gasteiger partial charge in [0.15, 0.2) is 17.2 Å². The average molecular weight is 411 g/mol. The van der Waals surface area contributed by atoms with Crippen LogP contribution in [0.25, 0.3) is 11.1 Å². The number of methoxy groups -OCH3 is 1. The number of morpholine rings is 1. The number of nitrogens with zero attached hydrogens (tertiary/aromatic N) is 1. The van der Waals surface area contributed by atoms with E-state index in [4.69, 9.17) is 19.9 Å². The topological polar surface area (TPSA) is 78.6 Å². The van der Waals surface area contributed by atoms with Crippen molar-refractivity contribution in [2.45, 2.75) is 18.1 Å². The first kappa shape index (κ1) is 19.1. The first-order valence-electron chi connectivity index (χ1n) is 9.46. The Hall–Kier alpha value is -2.91. The lowest BCUT2D eigenvalue weighted by atomic mass is 9.79. The molecule has 3 aromatic rings. The van der Waals surface area contributed by atoms with E-state index in [9.17, 15) is 8.78 Å². The number of hydrogen-bond donors (Lipinski definition) is 2. The van der Waals surface area contributed by atoms with Crippen molar-refractivity contribution in [1.29, 1.82) is 0 Å². The third-order valence-corrected chi connectivity index (χ3v) is 5.48. The Morgan fingerprint density at radius 2 is 2.03 bits per heavy atom. The second-order valence-corrected chi connectivity index (χ2v) is 7.19. The highest BCUT2D eigenvalue weighted by atomic mass is 19.1. The number of nitrogens with one attached hydrogen (secondary N) is 1. The van der Waals surface area contributed by atoms with Gasteiger partial charge in [-0.25, -0.2) is 9.37 Å². The standard InChI is InChI=1S/C22H19F2N3O3/c1-28-21-22(30-18(25)11-27-21)14-5-2-6-16(23)19(14)29-17-8-7-12(10-15(17)22)13-4-3-9-26-20(13)24/h2-10,18,21,27H,11,25H2,1H3/t18?,21-,22?/m0/s1. The van der Waals surface area contributed by atoms with Gasteiger partial charge in [-0.1, -0.05) is 18.2 Å². The summed E-state index contributed by atoms with van der Waals surface area (Å²) in [6.07, 6.45) is 0.0152. The van der Waals surface area contributed by atoms with E-state index in [1.165, 1.54) is 19.4 Å². The van der Waals surface area contributed by atoms with Gasteiger partial charge >= 0.3 is 0 Å². The van der Waals surface area contributed by atoms with Crippen molar-refractivity contribution in [1.82, 2.24) is 10.3 Å². The van der Waals surface area contributed by atoms with Crippen LogP contribution in [0.1, 0.15) is 11.1 Å². The molecule has 3 heterocycles. The Kier molecular flexibility index (Phi) is 4.52. The van der Waals surface area contributed by atoms with E-state index in [1.54, 1.807) is 42.5 Å². The van der Waals surface area contributed by atoms with Crippen LogP contribution in [-0.2, 0) is 15.1 Å². The largest absolute Gasteiger partial charge is 0.453 e. The van der Waals surface area contributed by atoms with Crippen molar-refractivity contribution in [3.63, 3.8) is 0 Å².